The van der Waals surface area contributed by atoms with E-state index in [-0.39, 0.29) is 5.57 Å². The van der Waals surface area contributed by atoms with Crippen molar-refractivity contribution in [3.63, 3.8) is 0 Å². The monoisotopic (exact) mass is 272 g/mol. The molecule has 0 radical (unpaired) electrons. The van der Waals surface area contributed by atoms with Gasteiger partial charge in [0.15, 0.2) is 0 Å². The smallest absolute Gasteiger partial charge is 0.267 e. The third kappa shape index (κ3) is 3.73. The van der Waals surface area contributed by atoms with Gasteiger partial charge in [0.1, 0.15) is 11.6 Å². The largest absolute Gasteiger partial charge is 0.399 e. The summed E-state index contributed by atoms with van der Waals surface area (Å²) in [5, 5.41) is 11.8. The fourth-order valence-corrected chi connectivity index (χ4v) is 1.79. The first-order chi connectivity index (χ1) is 9.69. The van der Waals surface area contributed by atoms with Crippen molar-refractivity contribution in [1.82, 2.24) is 4.90 Å². The van der Waals surface area contributed by atoms with E-state index in [1.54, 1.807) is 30.5 Å². The van der Waals surface area contributed by atoms with Gasteiger partial charge in [-0.15, -0.1) is 0 Å². The van der Waals surface area contributed by atoms with Crippen LogP contribution in [0, 0.1) is 11.3 Å². The van der Waals surface area contributed by atoms with E-state index in [0.717, 1.165) is 0 Å². The molecule has 1 fully saturated rings. The SMILES string of the molecule is N#C/C(=C/N1CCOCC1)C(=O)Nc1ccc(N)cc1. The van der Waals surface area contributed by atoms with Crippen LogP contribution >= 0.6 is 0 Å². The van der Waals surface area contributed by atoms with Gasteiger partial charge in [0.25, 0.3) is 5.91 Å². The zero-order chi connectivity index (χ0) is 14.4. The van der Waals surface area contributed by atoms with Crippen molar-refractivity contribution in [1.29, 1.82) is 5.26 Å². The Hall–Kier alpha value is -2.52. The number of nitrogen functional groups attached to an aromatic ring is 1. The van der Waals surface area contributed by atoms with E-state index in [9.17, 15) is 4.79 Å². The van der Waals surface area contributed by atoms with Crippen molar-refractivity contribution >= 4 is 17.3 Å². The van der Waals surface area contributed by atoms with E-state index in [1.807, 2.05) is 11.0 Å². The van der Waals surface area contributed by atoms with Crippen molar-refractivity contribution < 1.29 is 9.53 Å². The van der Waals surface area contributed by atoms with Gasteiger partial charge in [-0.25, -0.2) is 0 Å². The summed E-state index contributed by atoms with van der Waals surface area (Å²) in [7, 11) is 0. The zero-order valence-electron chi connectivity index (χ0n) is 11.0. The molecule has 0 aliphatic carbocycles. The number of nitriles is 1. The molecule has 1 aromatic carbocycles. The highest BCUT2D eigenvalue weighted by Gasteiger charge is 2.13. The lowest BCUT2D eigenvalue weighted by Crippen LogP contribution is -2.33. The predicted octanol–water partition coefficient (Wildman–Crippen LogP) is 0.947. The minimum Gasteiger partial charge on any atom is -0.399 e. The number of hydrogen-bond acceptors (Lipinski definition) is 5. The third-order valence-corrected chi connectivity index (χ3v) is 2.89. The first-order valence-corrected chi connectivity index (χ1v) is 6.29. The number of anilines is 2. The molecule has 1 amide bonds. The second kappa shape index (κ2) is 6.59. The minimum absolute atomic E-state index is 0.0729. The van der Waals surface area contributed by atoms with Crippen LogP contribution < -0.4 is 11.1 Å². The molecule has 2 rings (SSSR count). The summed E-state index contributed by atoms with van der Waals surface area (Å²) in [4.78, 5) is 13.9. The summed E-state index contributed by atoms with van der Waals surface area (Å²) < 4.78 is 5.22. The Morgan fingerprint density at radius 3 is 2.60 bits per heavy atom. The predicted molar refractivity (Wildman–Crippen MR) is 75.6 cm³/mol. The van der Waals surface area contributed by atoms with Gasteiger partial charge >= 0.3 is 0 Å². The average molecular weight is 272 g/mol. The van der Waals surface area contributed by atoms with Crippen LogP contribution in [0.15, 0.2) is 36.0 Å². The Bertz CT molecular complexity index is 539. The number of amides is 1. The average Bonchev–Trinajstić information content (AvgIpc) is 2.48. The van der Waals surface area contributed by atoms with Crippen molar-refractivity contribution in [3.8, 4) is 6.07 Å². The maximum atomic E-state index is 12.0. The maximum absolute atomic E-state index is 12.0. The van der Waals surface area contributed by atoms with Crippen LogP contribution in [0.4, 0.5) is 11.4 Å². The summed E-state index contributed by atoms with van der Waals surface area (Å²) in [5.41, 5.74) is 6.87. The van der Waals surface area contributed by atoms with Crippen LogP contribution in [-0.4, -0.2) is 37.1 Å². The number of ether oxygens (including phenoxy) is 1. The van der Waals surface area contributed by atoms with Crippen molar-refractivity contribution in [2.75, 3.05) is 37.4 Å². The fraction of sp³-hybridized carbons (Fsp3) is 0.286. The molecule has 20 heavy (non-hydrogen) atoms. The lowest BCUT2D eigenvalue weighted by molar-refractivity contribution is -0.112. The van der Waals surface area contributed by atoms with Gasteiger partial charge in [0.05, 0.1) is 13.2 Å². The van der Waals surface area contributed by atoms with Crippen LogP contribution in [-0.2, 0) is 9.53 Å². The van der Waals surface area contributed by atoms with E-state index >= 15 is 0 Å². The first-order valence-electron chi connectivity index (χ1n) is 6.29. The van der Waals surface area contributed by atoms with E-state index in [4.69, 9.17) is 15.7 Å². The maximum Gasteiger partial charge on any atom is 0.267 e. The molecule has 6 heteroatoms. The minimum atomic E-state index is -0.427. The van der Waals surface area contributed by atoms with E-state index in [2.05, 4.69) is 5.32 Å². The van der Waals surface area contributed by atoms with Crippen molar-refractivity contribution in [3.05, 3.63) is 36.0 Å². The standard InChI is InChI=1S/C14H16N4O2/c15-9-11(10-18-5-7-20-8-6-18)14(19)17-13-3-1-12(16)2-4-13/h1-4,10H,5-8,16H2,(H,17,19)/b11-10-. The lowest BCUT2D eigenvalue weighted by atomic mass is 10.2. The summed E-state index contributed by atoms with van der Waals surface area (Å²) in [6, 6.07) is 8.68. The second-order valence-electron chi connectivity index (χ2n) is 4.38. The molecule has 1 aromatic rings. The number of benzene rings is 1. The number of carbonyl (C=O) groups is 1. The Labute approximate surface area is 117 Å². The molecular weight excluding hydrogens is 256 g/mol. The van der Waals surface area contributed by atoms with Crippen molar-refractivity contribution in [2.45, 2.75) is 0 Å². The molecule has 0 spiro atoms. The third-order valence-electron chi connectivity index (χ3n) is 2.89. The summed E-state index contributed by atoms with van der Waals surface area (Å²) in [5.74, 6) is -0.427. The Balaban J connectivity index is 2.03. The van der Waals surface area contributed by atoms with Gasteiger partial charge in [-0.2, -0.15) is 5.26 Å². The Kier molecular flexibility index (Phi) is 4.58. The summed E-state index contributed by atoms with van der Waals surface area (Å²) >= 11 is 0. The molecule has 1 saturated heterocycles. The highest BCUT2D eigenvalue weighted by atomic mass is 16.5. The van der Waals surface area contributed by atoms with Gasteiger partial charge in [0, 0.05) is 30.7 Å². The van der Waals surface area contributed by atoms with Gasteiger partial charge in [0.2, 0.25) is 0 Å². The fourth-order valence-electron chi connectivity index (χ4n) is 1.79. The number of nitrogens with zero attached hydrogens (tertiary/aromatic N) is 2. The Morgan fingerprint density at radius 1 is 1.35 bits per heavy atom. The molecule has 0 bridgehead atoms. The number of morpholine rings is 1. The molecule has 6 nitrogen and oxygen atoms in total. The second-order valence-corrected chi connectivity index (χ2v) is 4.38. The number of nitrogens with one attached hydrogen (secondary N) is 1. The van der Waals surface area contributed by atoms with Gasteiger partial charge in [-0.1, -0.05) is 0 Å². The highest BCUT2D eigenvalue weighted by Crippen LogP contribution is 2.12. The molecule has 0 atom stereocenters. The molecule has 0 aromatic heterocycles. The van der Waals surface area contributed by atoms with Crippen LogP contribution in [0.1, 0.15) is 0 Å². The first kappa shape index (κ1) is 13.9. The molecular formula is C14H16N4O2. The van der Waals surface area contributed by atoms with E-state index < -0.39 is 5.91 Å². The molecule has 1 heterocycles. The molecule has 0 saturated carbocycles. The number of carbonyl (C=O) groups excluding carboxylic acids is 1. The van der Waals surface area contributed by atoms with E-state index in [0.29, 0.717) is 37.7 Å². The number of hydrogen-bond donors (Lipinski definition) is 2. The van der Waals surface area contributed by atoms with Gasteiger partial charge < -0.3 is 20.7 Å². The number of nitrogens with two attached hydrogens (primary N) is 1. The molecule has 1 aliphatic heterocycles. The number of rotatable bonds is 3. The van der Waals surface area contributed by atoms with Crippen LogP contribution in [0.25, 0.3) is 0 Å². The summed E-state index contributed by atoms with van der Waals surface area (Å²) in [6.45, 7) is 2.57. The summed E-state index contributed by atoms with van der Waals surface area (Å²) in [6.07, 6.45) is 1.58. The van der Waals surface area contributed by atoms with Crippen LogP contribution in [0.3, 0.4) is 0 Å². The topological polar surface area (TPSA) is 91.4 Å². The molecule has 3 N–H and O–H groups in total. The van der Waals surface area contributed by atoms with Crippen molar-refractivity contribution in [2.24, 2.45) is 0 Å². The van der Waals surface area contributed by atoms with Gasteiger partial charge in [-0.3, -0.25) is 4.79 Å². The highest BCUT2D eigenvalue weighted by molar-refractivity contribution is 6.06. The molecule has 1 aliphatic rings. The Morgan fingerprint density at radius 2 is 2.00 bits per heavy atom. The molecule has 0 unspecified atom stereocenters. The van der Waals surface area contributed by atoms with Crippen LogP contribution in [0.5, 0.6) is 0 Å². The van der Waals surface area contributed by atoms with Gasteiger partial charge in [-0.05, 0) is 24.3 Å². The van der Waals surface area contributed by atoms with E-state index in [1.165, 1.54) is 0 Å². The normalized spacial score (nSPS) is 15.6. The zero-order valence-corrected chi connectivity index (χ0v) is 11.0. The lowest BCUT2D eigenvalue weighted by Gasteiger charge is -2.25. The van der Waals surface area contributed by atoms with Crippen LogP contribution in [0.2, 0.25) is 0 Å². The quantitative estimate of drug-likeness (QED) is 0.485. The molecule has 104 valence electrons.